The van der Waals surface area contributed by atoms with Crippen molar-refractivity contribution in [2.75, 3.05) is 38.2 Å². The molecule has 4 aromatic rings. The molecule has 18 nitrogen and oxygen atoms in total. The predicted octanol–water partition coefficient (Wildman–Crippen LogP) is 2.74. The Morgan fingerprint density at radius 2 is 1.73 bits per heavy atom. The topological polar surface area (TPSA) is 243 Å². The molecule has 0 radical (unpaired) electrons. The highest BCUT2D eigenvalue weighted by Crippen LogP contribution is 2.34. The summed E-state index contributed by atoms with van der Waals surface area (Å²) in [6.45, 7) is 4.39. The van der Waals surface area contributed by atoms with Gasteiger partial charge in [-0.15, -0.1) is 0 Å². The fourth-order valence-electron chi connectivity index (χ4n) is 7.92. The van der Waals surface area contributed by atoms with Gasteiger partial charge in [0.05, 0.1) is 35.5 Å². The molecule has 7 amide bonds. The van der Waals surface area contributed by atoms with E-state index in [1.54, 1.807) is 12.1 Å². The van der Waals surface area contributed by atoms with Gasteiger partial charge < -0.3 is 35.3 Å². The molecule has 62 heavy (non-hydrogen) atoms. The molecule has 18 heteroatoms. The maximum absolute atomic E-state index is 13.6. The van der Waals surface area contributed by atoms with Crippen molar-refractivity contribution in [1.82, 2.24) is 35.7 Å². The lowest BCUT2D eigenvalue weighted by Crippen LogP contribution is -2.54. The van der Waals surface area contributed by atoms with E-state index in [4.69, 9.17) is 9.47 Å². The van der Waals surface area contributed by atoms with E-state index in [1.807, 2.05) is 42.8 Å². The Bertz CT molecular complexity index is 2470. The van der Waals surface area contributed by atoms with E-state index < -0.39 is 42.2 Å². The van der Waals surface area contributed by atoms with Crippen LogP contribution in [0, 0.1) is 17.2 Å². The van der Waals surface area contributed by atoms with Gasteiger partial charge >= 0.3 is 0 Å². The number of nitriles is 1. The fourth-order valence-corrected chi connectivity index (χ4v) is 7.92. The van der Waals surface area contributed by atoms with Crippen LogP contribution in [0.5, 0.6) is 5.75 Å². The highest BCUT2D eigenvalue weighted by atomic mass is 16.5. The molecule has 1 aliphatic carbocycles. The molecular weight excluding hydrogens is 799 g/mol. The number of pyridine rings is 1. The number of ether oxygens (including phenoxy) is 2. The fraction of sp³-hybridized carbons (Fsp3) is 0.386. The van der Waals surface area contributed by atoms with E-state index >= 15 is 0 Å². The summed E-state index contributed by atoms with van der Waals surface area (Å²) >= 11 is 0. The number of amides is 7. The van der Waals surface area contributed by atoms with Gasteiger partial charge in [0.25, 0.3) is 23.6 Å². The predicted molar refractivity (Wildman–Crippen MR) is 223 cm³/mol. The van der Waals surface area contributed by atoms with Crippen LogP contribution in [0.15, 0.2) is 60.9 Å². The molecule has 3 aliphatic rings. The third kappa shape index (κ3) is 9.58. The van der Waals surface area contributed by atoms with Crippen LogP contribution in [0.25, 0.3) is 16.7 Å². The van der Waals surface area contributed by atoms with Gasteiger partial charge in [-0.1, -0.05) is 6.07 Å². The van der Waals surface area contributed by atoms with Crippen LogP contribution in [0.2, 0.25) is 0 Å². The van der Waals surface area contributed by atoms with Crippen molar-refractivity contribution >= 4 is 58.1 Å². The number of benzene rings is 2. The molecule has 1 unspecified atom stereocenters. The Kier molecular flexibility index (Phi) is 13.2. The number of rotatable bonds is 16. The number of carbonyl (C=O) groups excluding carboxylic acids is 7. The minimum absolute atomic E-state index is 0.00508. The number of fused-ring (bicyclic) bond motifs is 2. The van der Waals surface area contributed by atoms with Crippen molar-refractivity contribution in [3.63, 3.8) is 0 Å². The van der Waals surface area contributed by atoms with Crippen LogP contribution < -0.4 is 31.3 Å². The lowest BCUT2D eigenvalue weighted by Gasteiger charge is -2.29. The summed E-state index contributed by atoms with van der Waals surface area (Å²) in [6, 6.07) is 14.6. The SMILES string of the molecule is CC(C)Nc1cc(-n2ccc3cc(C#N)cnc32)ccc1C(=O)NC1CCC(C(=O)NCCOCCNC(=O)COc2cccc3c2C(=O)N(C2CCC(=O)NC2=O)C3=O)CC1. The highest BCUT2D eigenvalue weighted by Gasteiger charge is 2.46. The van der Waals surface area contributed by atoms with Gasteiger partial charge in [-0.3, -0.25) is 43.8 Å². The molecule has 1 atom stereocenters. The summed E-state index contributed by atoms with van der Waals surface area (Å²) in [7, 11) is 0. The molecule has 0 bridgehead atoms. The second-order valence-electron chi connectivity index (χ2n) is 15.7. The van der Waals surface area contributed by atoms with E-state index in [2.05, 4.69) is 37.6 Å². The molecule has 5 N–H and O–H groups in total. The number of hydrogen-bond donors (Lipinski definition) is 5. The molecule has 0 spiro atoms. The van der Waals surface area contributed by atoms with E-state index in [-0.39, 0.29) is 85.8 Å². The zero-order valence-corrected chi connectivity index (χ0v) is 34.3. The summed E-state index contributed by atoms with van der Waals surface area (Å²) in [5, 5.41) is 24.3. The van der Waals surface area contributed by atoms with Crippen LogP contribution >= 0.6 is 0 Å². The molecule has 1 saturated heterocycles. The molecule has 4 heterocycles. The van der Waals surface area contributed by atoms with Gasteiger partial charge in [0.1, 0.15) is 23.5 Å². The van der Waals surface area contributed by atoms with Crippen LogP contribution in [-0.4, -0.2) is 107 Å². The first kappa shape index (κ1) is 43.0. The minimum atomic E-state index is -1.12. The lowest BCUT2D eigenvalue weighted by atomic mass is 9.85. The number of anilines is 1. The average Bonchev–Trinajstić information content (AvgIpc) is 3.79. The van der Waals surface area contributed by atoms with Crippen LogP contribution in [0.3, 0.4) is 0 Å². The summed E-state index contributed by atoms with van der Waals surface area (Å²) in [5.74, 6) is -3.55. The third-order valence-electron chi connectivity index (χ3n) is 11.0. The molecule has 322 valence electrons. The van der Waals surface area contributed by atoms with Crippen molar-refractivity contribution in [1.29, 1.82) is 5.26 Å². The Hall–Kier alpha value is -7.13. The smallest absolute Gasteiger partial charge is 0.266 e. The van der Waals surface area contributed by atoms with Gasteiger partial charge in [0.15, 0.2) is 6.61 Å². The van der Waals surface area contributed by atoms with Gasteiger partial charge in [0, 0.05) is 66.7 Å². The second-order valence-corrected chi connectivity index (χ2v) is 15.7. The van der Waals surface area contributed by atoms with Crippen molar-refractivity contribution in [3.8, 4) is 17.5 Å². The molecular formula is C44H47N9O9. The Morgan fingerprint density at radius 3 is 2.47 bits per heavy atom. The zero-order valence-electron chi connectivity index (χ0n) is 34.3. The number of hydrogen-bond acceptors (Lipinski definition) is 12. The van der Waals surface area contributed by atoms with Crippen LogP contribution in [0.4, 0.5) is 5.69 Å². The Morgan fingerprint density at radius 1 is 0.952 bits per heavy atom. The number of aromatic nitrogens is 2. The van der Waals surface area contributed by atoms with E-state index in [0.29, 0.717) is 48.1 Å². The maximum atomic E-state index is 13.6. The number of piperidine rings is 1. The normalized spacial score (nSPS) is 18.5. The van der Waals surface area contributed by atoms with Gasteiger partial charge in [-0.2, -0.15) is 5.26 Å². The monoisotopic (exact) mass is 845 g/mol. The number of nitrogens with zero attached hydrogens (tertiary/aromatic N) is 4. The summed E-state index contributed by atoms with van der Waals surface area (Å²) < 4.78 is 13.1. The van der Waals surface area contributed by atoms with E-state index in [9.17, 15) is 38.8 Å². The highest BCUT2D eigenvalue weighted by molar-refractivity contribution is 6.24. The molecule has 2 aromatic carbocycles. The number of imide groups is 2. The van der Waals surface area contributed by atoms with Crippen molar-refractivity contribution in [3.05, 3.63) is 83.2 Å². The Labute approximate surface area is 356 Å². The molecule has 2 aliphatic heterocycles. The molecule has 2 aromatic heterocycles. The minimum Gasteiger partial charge on any atom is -0.483 e. The average molecular weight is 846 g/mol. The van der Waals surface area contributed by atoms with E-state index in [0.717, 1.165) is 16.0 Å². The largest absolute Gasteiger partial charge is 0.483 e. The first-order valence-electron chi connectivity index (χ1n) is 20.6. The quantitative estimate of drug-likeness (QED) is 0.0808. The van der Waals surface area contributed by atoms with Gasteiger partial charge in [-0.05, 0) is 88.4 Å². The number of nitrogens with one attached hydrogen (secondary N) is 5. The summed E-state index contributed by atoms with van der Waals surface area (Å²) in [4.78, 5) is 94.4. The van der Waals surface area contributed by atoms with Crippen molar-refractivity contribution < 1.29 is 43.0 Å². The number of carbonyl (C=O) groups is 7. The maximum Gasteiger partial charge on any atom is 0.266 e. The standard InChI is InChI=1S/C44H47N9O9/c1-25(2)49-33-21-30(52-17-14-28-20-26(22-45)23-48-39(28)52)10-11-31(33)41(57)50-29-8-6-27(7-9-29)40(56)47-16-19-61-18-15-46-37(55)24-62-35-5-3-4-32-38(35)44(60)53(43(32)59)34-12-13-36(54)51-42(34)58/h3-5,10-11,14,17,20-21,23,25,27,29,34,49H,6-9,12-13,15-16,18-19,24H2,1-2H3,(H,46,55)(H,47,56)(H,50,57)(H,51,54,58). The first-order chi connectivity index (χ1) is 29.9. The molecule has 1 saturated carbocycles. The van der Waals surface area contributed by atoms with Crippen LogP contribution in [-0.2, 0) is 23.9 Å². The summed E-state index contributed by atoms with van der Waals surface area (Å²) in [5.41, 5.74) is 3.19. The van der Waals surface area contributed by atoms with Gasteiger partial charge in [-0.25, -0.2) is 4.98 Å². The zero-order chi connectivity index (χ0) is 43.9. The molecule has 2 fully saturated rings. The van der Waals surface area contributed by atoms with Crippen LogP contribution in [0.1, 0.15) is 89.0 Å². The van der Waals surface area contributed by atoms with Gasteiger partial charge in [0.2, 0.25) is 17.7 Å². The first-order valence-corrected chi connectivity index (χ1v) is 20.6. The Balaban J connectivity index is 0.792. The van der Waals surface area contributed by atoms with Crippen molar-refractivity contribution in [2.45, 2.75) is 70.5 Å². The summed E-state index contributed by atoms with van der Waals surface area (Å²) in [6.07, 6.45) is 5.99. The lowest BCUT2D eigenvalue weighted by molar-refractivity contribution is -0.136. The molecule has 7 rings (SSSR count). The second kappa shape index (κ2) is 19.1. The third-order valence-corrected chi connectivity index (χ3v) is 11.0. The van der Waals surface area contributed by atoms with E-state index in [1.165, 1.54) is 24.4 Å². The van der Waals surface area contributed by atoms with Crippen molar-refractivity contribution in [2.24, 2.45) is 5.92 Å².